The van der Waals surface area contributed by atoms with E-state index in [0.717, 1.165) is 5.92 Å². The van der Waals surface area contributed by atoms with Crippen molar-refractivity contribution in [2.24, 2.45) is 16.7 Å². The molecule has 3 aliphatic rings. The lowest BCUT2D eigenvalue weighted by atomic mass is 9.37. The van der Waals surface area contributed by atoms with Crippen molar-refractivity contribution in [3.8, 4) is 0 Å². The lowest BCUT2D eigenvalue weighted by Crippen LogP contribution is -2.59. The van der Waals surface area contributed by atoms with E-state index in [4.69, 9.17) is 0 Å². The zero-order valence-corrected chi connectivity index (χ0v) is 15.3. The lowest BCUT2D eigenvalue weighted by Gasteiger charge is -2.67. The van der Waals surface area contributed by atoms with Crippen LogP contribution in [0, 0.1) is 23.7 Å². The first-order chi connectivity index (χ1) is 10.2. The second kappa shape index (κ2) is 4.98. The van der Waals surface area contributed by atoms with Crippen molar-refractivity contribution < 1.29 is 0 Å². The number of rotatable bonds is 4. The van der Waals surface area contributed by atoms with Crippen molar-refractivity contribution in [1.82, 2.24) is 0 Å². The number of aryl methyl sites for hydroxylation is 1. The van der Waals surface area contributed by atoms with Crippen molar-refractivity contribution >= 4 is 0 Å². The maximum Gasteiger partial charge on any atom is -0.00980 e. The van der Waals surface area contributed by atoms with Gasteiger partial charge in [-0.05, 0) is 60.3 Å². The Morgan fingerprint density at radius 1 is 1.14 bits per heavy atom. The van der Waals surface area contributed by atoms with E-state index in [0.29, 0.717) is 10.8 Å². The Morgan fingerprint density at radius 2 is 1.77 bits per heavy atom. The van der Waals surface area contributed by atoms with Gasteiger partial charge in [0.1, 0.15) is 0 Å². The van der Waals surface area contributed by atoms with Gasteiger partial charge in [-0.3, -0.25) is 0 Å². The molecule has 2 atom stereocenters. The Labute approximate surface area is 137 Å². The fraction of sp³-hybridized carbons (Fsp3) is 0.636. The molecule has 1 fully saturated rings. The molecule has 0 spiro atoms. The molecule has 0 unspecified atom stereocenters. The summed E-state index contributed by atoms with van der Waals surface area (Å²) in [6.45, 7) is 14.4. The van der Waals surface area contributed by atoms with Gasteiger partial charge in [0.25, 0.3) is 0 Å². The van der Waals surface area contributed by atoms with Crippen molar-refractivity contribution in [3.63, 3.8) is 0 Å². The Morgan fingerprint density at radius 3 is 2.27 bits per heavy atom. The van der Waals surface area contributed by atoms with Crippen LogP contribution in [0.2, 0.25) is 0 Å². The number of fused-ring (bicyclic) bond motifs is 1. The third kappa shape index (κ3) is 2.18. The van der Waals surface area contributed by atoms with E-state index < -0.39 is 0 Å². The summed E-state index contributed by atoms with van der Waals surface area (Å²) < 4.78 is 0. The zero-order chi connectivity index (χ0) is 16.2. The van der Waals surface area contributed by atoms with Crippen molar-refractivity contribution in [2.45, 2.75) is 72.6 Å². The van der Waals surface area contributed by atoms with E-state index in [1.54, 1.807) is 5.57 Å². The smallest absolute Gasteiger partial charge is 0.00980 e. The van der Waals surface area contributed by atoms with Gasteiger partial charge in [-0.2, -0.15) is 0 Å². The van der Waals surface area contributed by atoms with Crippen LogP contribution < -0.4 is 0 Å². The van der Waals surface area contributed by atoms with Crippen LogP contribution >= 0.6 is 0 Å². The Balaban J connectivity index is 1.87. The molecular weight excluding hydrogens is 264 g/mol. The maximum absolute atomic E-state index is 2.57. The quantitative estimate of drug-likeness (QED) is 0.561. The van der Waals surface area contributed by atoms with Gasteiger partial charge in [0, 0.05) is 0 Å². The third-order valence-electron chi connectivity index (χ3n) is 7.06. The lowest BCUT2D eigenvalue weighted by molar-refractivity contribution is -0.129. The van der Waals surface area contributed by atoms with E-state index in [-0.39, 0.29) is 5.41 Å². The predicted octanol–water partition coefficient (Wildman–Crippen LogP) is 6.44. The molecule has 0 aliphatic heterocycles. The fourth-order valence-electron chi connectivity index (χ4n) is 5.27. The molecule has 1 aromatic rings. The highest BCUT2D eigenvalue weighted by molar-refractivity contribution is 5.32. The van der Waals surface area contributed by atoms with Crippen LogP contribution in [0.15, 0.2) is 35.9 Å². The molecule has 0 amide bonds. The standard InChI is InChI=1S/C22H32/c1-7-17-12-13-22(14-19(17)21(22,5)6)15-20(3,4)18-10-8-16(2)9-11-18/h8-12,19H,7,13-15H2,1-6H3/t19-,22-/m0/s1. The van der Waals surface area contributed by atoms with Crippen molar-refractivity contribution in [2.75, 3.05) is 0 Å². The molecule has 0 N–H and O–H groups in total. The average molecular weight is 296 g/mol. The van der Waals surface area contributed by atoms with Crippen LogP contribution in [-0.2, 0) is 5.41 Å². The molecule has 0 nitrogen and oxygen atoms in total. The van der Waals surface area contributed by atoms with Gasteiger partial charge in [-0.15, -0.1) is 0 Å². The Hall–Kier alpha value is -1.04. The van der Waals surface area contributed by atoms with E-state index in [1.807, 2.05) is 0 Å². The summed E-state index contributed by atoms with van der Waals surface area (Å²) in [5, 5.41) is 0. The molecule has 3 aliphatic carbocycles. The van der Waals surface area contributed by atoms with Crippen LogP contribution in [0.3, 0.4) is 0 Å². The summed E-state index contributed by atoms with van der Waals surface area (Å²) in [5.41, 5.74) is 5.81. The normalized spacial score (nSPS) is 29.7. The van der Waals surface area contributed by atoms with Crippen LogP contribution in [0.25, 0.3) is 0 Å². The molecule has 22 heavy (non-hydrogen) atoms. The molecule has 1 saturated carbocycles. The van der Waals surface area contributed by atoms with E-state index >= 15 is 0 Å². The second-order valence-electron chi connectivity index (χ2n) is 9.02. The number of hydrogen-bond acceptors (Lipinski definition) is 0. The molecule has 120 valence electrons. The van der Waals surface area contributed by atoms with Crippen LogP contribution in [-0.4, -0.2) is 0 Å². The summed E-state index contributed by atoms with van der Waals surface area (Å²) in [6.07, 6.45) is 7.82. The second-order valence-corrected chi connectivity index (χ2v) is 9.02. The molecule has 0 heterocycles. The molecule has 0 heteroatoms. The van der Waals surface area contributed by atoms with Crippen LogP contribution in [0.4, 0.5) is 0 Å². The van der Waals surface area contributed by atoms with E-state index in [9.17, 15) is 0 Å². The summed E-state index contributed by atoms with van der Waals surface area (Å²) in [4.78, 5) is 0. The number of allylic oxidation sites excluding steroid dienone is 2. The fourth-order valence-corrected chi connectivity index (χ4v) is 5.27. The first-order valence-electron chi connectivity index (χ1n) is 8.98. The summed E-state index contributed by atoms with van der Waals surface area (Å²) in [5.74, 6) is 0.833. The summed E-state index contributed by atoms with van der Waals surface area (Å²) >= 11 is 0. The van der Waals surface area contributed by atoms with Gasteiger partial charge in [0.05, 0.1) is 0 Å². The highest BCUT2D eigenvalue weighted by atomic mass is 14.7. The molecule has 4 rings (SSSR count). The highest BCUT2D eigenvalue weighted by Crippen LogP contribution is 2.71. The minimum atomic E-state index is 0.257. The topological polar surface area (TPSA) is 0 Å². The molecule has 1 aromatic carbocycles. The van der Waals surface area contributed by atoms with Crippen molar-refractivity contribution in [1.29, 1.82) is 0 Å². The predicted molar refractivity (Wildman–Crippen MR) is 96.1 cm³/mol. The first-order valence-corrected chi connectivity index (χ1v) is 8.98. The average Bonchev–Trinajstić information content (AvgIpc) is 2.47. The molecular formula is C22H32. The monoisotopic (exact) mass is 296 g/mol. The van der Waals surface area contributed by atoms with Crippen LogP contribution in [0.5, 0.6) is 0 Å². The summed E-state index contributed by atoms with van der Waals surface area (Å²) in [7, 11) is 0. The molecule has 0 saturated heterocycles. The highest BCUT2D eigenvalue weighted by Gasteiger charge is 2.62. The first kappa shape index (κ1) is 15.8. The van der Waals surface area contributed by atoms with Gasteiger partial charge >= 0.3 is 0 Å². The molecule has 0 aromatic heterocycles. The van der Waals surface area contributed by atoms with E-state index in [2.05, 4.69) is 71.9 Å². The summed E-state index contributed by atoms with van der Waals surface area (Å²) in [6, 6.07) is 9.20. The third-order valence-corrected chi connectivity index (χ3v) is 7.06. The van der Waals surface area contributed by atoms with Crippen LogP contribution in [0.1, 0.15) is 71.4 Å². The Kier molecular flexibility index (Phi) is 3.59. The van der Waals surface area contributed by atoms with Gasteiger partial charge in [0.15, 0.2) is 0 Å². The Bertz CT molecular complexity index is 585. The van der Waals surface area contributed by atoms with Gasteiger partial charge in [0.2, 0.25) is 0 Å². The van der Waals surface area contributed by atoms with Crippen molar-refractivity contribution in [3.05, 3.63) is 47.0 Å². The minimum Gasteiger partial charge on any atom is -0.0845 e. The largest absolute Gasteiger partial charge is 0.0845 e. The maximum atomic E-state index is 2.57. The minimum absolute atomic E-state index is 0.257. The zero-order valence-electron chi connectivity index (χ0n) is 15.3. The molecule has 0 radical (unpaired) electrons. The number of hydrogen-bond donors (Lipinski definition) is 0. The van der Waals surface area contributed by atoms with Gasteiger partial charge in [-0.25, -0.2) is 0 Å². The van der Waals surface area contributed by atoms with E-state index in [1.165, 1.54) is 36.8 Å². The SMILES string of the molecule is CCC1=CC[C@@]2(CC(C)(C)c3ccc(C)cc3)C[C@@H]1C2(C)C. The number of benzene rings is 1. The van der Waals surface area contributed by atoms with Gasteiger partial charge in [-0.1, -0.05) is 76.1 Å². The molecule has 2 bridgehead atoms. The van der Waals surface area contributed by atoms with Gasteiger partial charge < -0.3 is 0 Å².